The van der Waals surface area contributed by atoms with Gasteiger partial charge in [-0.3, -0.25) is 4.79 Å². The molecule has 0 heterocycles. The first-order valence-corrected chi connectivity index (χ1v) is 16.6. The maximum Gasteiger partial charge on any atom is 0.513 e. The monoisotopic (exact) mass is 683 g/mol. The van der Waals surface area contributed by atoms with E-state index in [1.54, 1.807) is 19.2 Å². The number of rotatable bonds is 15. The minimum absolute atomic E-state index is 0.0174. The Bertz CT molecular complexity index is 1930. The van der Waals surface area contributed by atoms with Crippen LogP contribution >= 0.6 is 0 Å². The minimum atomic E-state index is -0.826. The lowest BCUT2D eigenvalue weighted by molar-refractivity contribution is -0.142. The summed E-state index contributed by atoms with van der Waals surface area (Å²) in [7, 11) is 1.67. The van der Waals surface area contributed by atoms with Crippen LogP contribution in [0.1, 0.15) is 34.7 Å². The van der Waals surface area contributed by atoms with Crippen molar-refractivity contribution in [2.24, 2.45) is 0 Å². The van der Waals surface area contributed by atoms with Crippen LogP contribution < -0.4 is 14.4 Å². The zero-order chi connectivity index (χ0) is 35.8. The van der Waals surface area contributed by atoms with Crippen LogP contribution in [0.15, 0.2) is 121 Å². The molecule has 0 atom stereocenters. The van der Waals surface area contributed by atoms with Crippen LogP contribution in [0.5, 0.6) is 11.5 Å². The van der Waals surface area contributed by atoms with Crippen LogP contribution in [0.4, 0.5) is 21.9 Å². The molecule has 0 amide bonds. The second kappa shape index (κ2) is 18.6. The normalized spacial score (nSPS) is 11.0. The van der Waals surface area contributed by atoms with Crippen molar-refractivity contribution in [1.29, 1.82) is 0 Å². The van der Waals surface area contributed by atoms with Crippen molar-refractivity contribution in [3.05, 3.63) is 149 Å². The number of aryl methyl sites for hydroxylation is 1. The number of ether oxygens (including phenoxy) is 5. The molecule has 0 bridgehead atoms. The van der Waals surface area contributed by atoms with Crippen molar-refractivity contribution in [3.8, 4) is 11.5 Å². The molecule has 0 saturated heterocycles. The predicted octanol–water partition coefficient (Wildman–Crippen LogP) is 9.91. The highest BCUT2D eigenvalue weighted by Crippen LogP contribution is 2.35. The Hall–Kier alpha value is -6.12. The average Bonchev–Trinajstić information content (AvgIpc) is 3.15. The van der Waals surface area contributed by atoms with Crippen molar-refractivity contribution in [3.63, 3.8) is 0 Å². The standard InChI is InChI=1S/C43H41NO7/c1-32-10-20-38(21-11-32)44(39-22-16-34(17-23-39)12-14-36-6-4-8-41(30-36)47-3)40-24-18-35(19-25-40)13-15-37-7-5-9-42(31-37)51-43(46)50-29-27-48-26-28-49-33(2)45/h4-25,30-31H,26-29H2,1-3H3. The van der Waals surface area contributed by atoms with Crippen LogP contribution in [0.3, 0.4) is 0 Å². The fourth-order valence-corrected chi connectivity index (χ4v) is 5.08. The second-order valence-corrected chi connectivity index (χ2v) is 11.5. The molecule has 5 aromatic rings. The Morgan fingerprint density at radius 3 is 1.57 bits per heavy atom. The number of esters is 1. The Kier molecular flexibility index (Phi) is 13.2. The lowest BCUT2D eigenvalue weighted by Gasteiger charge is -2.26. The highest BCUT2D eigenvalue weighted by molar-refractivity contribution is 5.79. The lowest BCUT2D eigenvalue weighted by Crippen LogP contribution is -2.16. The van der Waals surface area contributed by atoms with Gasteiger partial charge in [0.15, 0.2) is 0 Å². The third-order valence-electron chi connectivity index (χ3n) is 7.66. The number of hydrogen-bond donors (Lipinski definition) is 0. The SMILES string of the molecule is COc1cccc(C=Cc2ccc(N(c3ccc(C)cc3)c3ccc(C=Cc4cccc(OC(=O)OCCOCCOC(C)=O)c4)cc3)cc2)c1. The average molecular weight is 684 g/mol. The Morgan fingerprint density at radius 2 is 1.04 bits per heavy atom. The fourth-order valence-electron chi connectivity index (χ4n) is 5.08. The van der Waals surface area contributed by atoms with Crippen molar-refractivity contribution >= 4 is 53.5 Å². The molecule has 5 rings (SSSR count). The van der Waals surface area contributed by atoms with Gasteiger partial charge in [-0.2, -0.15) is 0 Å². The van der Waals surface area contributed by atoms with Gasteiger partial charge >= 0.3 is 12.1 Å². The van der Waals surface area contributed by atoms with E-state index in [0.29, 0.717) is 5.75 Å². The molecular formula is C43H41NO7. The molecule has 0 radical (unpaired) electrons. The summed E-state index contributed by atoms with van der Waals surface area (Å²) in [5.74, 6) is 0.822. The molecule has 0 aromatic heterocycles. The summed E-state index contributed by atoms with van der Waals surface area (Å²) in [4.78, 5) is 25.1. The molecule has 0 unspecified atom stereocenters. The van der Waals surface area contributed by atoms with E-state index >= 15 is 0 Å². The molecule has 0 saturated carbocycles. The van der Waals surface area contributed by atoms with E-state index in [4.69, 9.17) is 23.7 Å². The van der Waals surface area contributed by atoms with Gasteiger partial charge in [-0.25, -0.2) is 4.79 Å². The minimum Gasteiger partial charge on any atom is -0.497 e. The highest BCUT2D eigenvalue weighted by atomic mass is 16.7. The van der Waals surface area contributed by atoms with E-state index in [-0.39, 0.29) is 32.4 Å². The van der Waals surface area contributed by atoms with E-state index in [0.717, 1.165) is 45.1 Å². The molecule has 8 nitrogen and oxygen atoms in total. The quantitative estimate of drug-likeness (QED) is 0.0467. The maximum atomic E-state index is 12.1. The van der Waals surface area contributed by atoms with Gasteiger partial charge in [0, 0.05) is 24.0 Å². The molecular weight excluding hydrogens is 642 g/mol. The van der Waals surface area contributed by atoms with E-state index in [1.165, 1.54) is 12.5 Å². The number of carbonyl (C=O) groups excluding carboxylic acids is 2. The largest absolute Gasteiger partial charge is 0.513 e. The first kappa shape index (κ1) is 36.2. The Morgan fingerprint density at radius 1 is 0.569 bits per heavy atom. The lowest BCUT2D eigenvalue weighted by atomic mass is 10.1. The third kappa shape index (κ3) is 11.5. The molecule has 8 heteroatoms. The molecule has 260 valence electrons. The summed E-state index contributed by atoms with van der Waals surface area (Å²) < 4.78 is 25.8. The highest BCUT2D eigenvalue weighted by Gasteiger charge is 2.12. The van der Waals surface area contributed by atoms with Crippen LogP contribution in [-0.2, 0) is 19.0 Å². The number of carbonyl (C=O) groups is 2. The number of methoxy groups -OCH3 is 1. The van der Waals surface area contributed by atoms with Gasteiger partial charge in [-0.15, -0.1) is 0 Å². The van der Waals surface area contributed by atoms with E-state index < -0.39 is 6.16 Å². The zero-order valence-electron chi connectivity index (χ0n) is 29.0. The third-order valence-corrected chi connectivity index (χ3v) is 7.66. The van der Waals surface area contributed by atoms with Crippen molar-refractivity contribution < 1.29 is 33.3 Å². The van der Waals surface area contributed by atoms with Crippen molar-refractivity contribution in [2.75, 3.05) is 38.4 Å². The Balaban J connectivity index is 1.22. The molecule has 0 spiro atoms. The number of benzene rings is 5. The summed E-state index contributed by atoms with van der Waals surface area (Å²) >= 11 is 0. The molecule has 0 aliphatic carbocycles. The number of hydrogen-bond acceptors (Lipinski definition) is 8. The van der Waals surface area contributed by atoms with Crippen molar-refractivity contribution in [1.82, 2.24) is 0 Å². The first-order chi connectivity index (χ1) is 24.9. The summed E-state index contributed by atoms with van der Waals surface area (Å²) in [5.41, 5.74) is 8.37. The maximum absolute atomic E-state index is 12.1. The van der Waals surface area contributed by atoms with Crippen LogP contribution in [0, 0.1) is 6.92 Å². The first-order valence-electron chi connectivity index (χ1n) is 16.6. The zero-order valence-corrected chi connectivity index (χ0v) is 29.0. The van der Waals surface area contributed by atoms with Crippen LogP contribution in [0.25, 0.3) is 24.3 Å². The van der Waals surface area contributed by atoms with E-state index in [1.807, 2.05) is 42.5 Å². The Labute approximate surface area is 299 Å². The van der Waals surface area contributed by atoms with Gasteiger partial charge in [0.1, 0.15) is 24.7 Å². The molecule has 51 heavy (non-hydrogen) atoms. The van der Waals surface area contributed by atoms with Gasteiger partial charge < -0.3 is 28.6 Å². The summed E-state index contributed by atoms with van der Waals surface area (Å²) in [6.07, 6.45) is 7.32. The molecule has 5 aromatic carbocycles. The van der Waals surface area contributed by atoms with Gasteiger partial charge in [0.2, 0.25) is 0 Å². The van der Waals surface area contributed by atoms with Crippen LogP contribution in [0.2, 0.25) is 0 Å². The van der Waals surface area contributed by atoms with Gasteiger partial charge in [0.05, 0.1) is 20.3 Å². The predicted molar refractivity (Wildman–Crippen MR) is 203 cm³/mol. The van der Waals surface area contributed by atoms with E-state index in [9.17, 15) is 9.59 Å². The number of nitrogens with zero attached hydrogens (tertiary/aromatic N) is 1. The van der Waals surface area contributed by atoms with E-state index in [2.05, 4.69) is 103 Å². The van der Waals surface area contributed by atoms with Gasteiger partial charge in [-0.05, 0) is 89.8 Å². The fraction of sp³-hybridized carbons (Fsp3) is 0.163. The second-order valence-electron chi connectivity index (χ2n) is 11.5. The number of anilines is 3. The van der Waals surface area contributed by atoms with Crippen LogP contribution in [-0.4, -0.2) is 45.7 Å². The molecule has 0 fully saturated rings. The molecule has 0 N–H and O–H groups in total. The summed E-state index contributed by atoms with van der Waals surface area (Å²) in [6.45, 7) is 3.96. The molecule has 0 aliphatic rings. The topological polar surface area (TPSA) is 83.5 Å². The van der Waals surface area contributed by atoms with Gasteiger partial charge in [0.25, 0.3) is 0 Å². The van der Waals surface area contributed by atoms with Crippen molar-refractivity contribution in [2.45, 2.75) is 13.8 Å². The summed E-state index contributed by atoms with van der Waals surface area (Å²) in [5, 5.41) is 0. The van der Waals surface area contributed by atoms with Gasteiger partial charge in [-0.1, -0.05) is 90.5 Å². The summed E-state index contributed by atoms with van der Waals surface area (Å²) in [6, 6.07) is 40.5. The smallest absolute Gasteiger partial charge is 0.497 e. The molecule has 0 aliphatic heterocycles.